The summed E-state index contributed by atoms with van der Waals surface area (Å²) >= 11 is 0. The predicted octanol–water partition coefficient (Wildman–Crippen LogP) is 2.21. The van der Waals surface area contributed by atoms with E-state index in [2.05, 4.69) is 10.4 Å². The Morgan fingerprint density at radius 1 is 1.13 bits per heavy atom. The van der Waals surface area contributed by atoms with E-state index in [4.69, 9.17) is 4.98 Å². The van der Waals surface area contributed by atoms with Crippen LogP contribution in [0.1, 0.15) is 35.3 Å². The van der Waals surface area contributed by atoms with Crippen molar-refractivity contribution < 1.29 is 14.4 Å². The number of aryl methyl sites for hydroxylation is 2. The van der Waals surface area contributed by atoms with Gasteiger partial charge in [0, 0.05) is 38.5 Å². The van der Waals surface area contributed by atoms with E-state index in [-0.39, 0.29) is 30.6 Å². The molecule has 8 heteroatoms. The van der Waals surface area contributed by atoms with Crippen LogP contribution in [0.4, 0.5) is 0 Å². The Morgan fingerprint density at radius 3 is 2.53 bits per heavy atom. The lowest BCUT2D eigenvalue weighted by atomic mass is 10.0. The van der Waals surface area contributed by atoms with Gasteiger partial charge in [0.1, 0.15) is 0 Å². The summed E-state index contributed by atoms with van der Waals surface area (Å²) in [5.74, 6) is -0.504. The first-order valence-electron chi connectivity index (χ1n) is 9.97. The lowest BCUT2D eigenvalue weighted by Gasteiger charge is -2.14. The van der Waals surface area contributed by atoms with Gasteiger partial charge in [0.15, 0.2) is 5.65 Å². The second-order valence-corrected chi connectivity index (χ2v) is 7.38. The molecule has 0 radical (unpaired) electrons. The SMILES string of the molecule is Cc1nn(C)c2nc(-c3ccccc3)cc(C(=O)NCCCN3C(=O)CCC3=O)c12. The number of nitrogens with zero attached hydrogens (tertiary/aromatic N) is 4. The van der Waals surface area contributed by atoms with Crippen LogP contribution in [0.3, 0.4) is 0 Å². The topological polar surface area (TPSA) is 97.2 Å². The number of hydrogen-bond donors (Lipinski definition) is 1. The lowest BCUT2D eigenvalue weighted by Crippen LogP contribution is -2.33. The summed E-state index contributed by atoms with van der Waals surface area (Å²) in [6.45, 7) is 2.54. The van der Waals surface area contributed by atoms with Crippen LogP contribution in [-0.2, 0) is 16.6 Å². The second-order valence-electron chi connectivity index (χ2n) is 7.38. The maximum Gasteiger partial charge on any atom is 0.252 e. The molecule has 3 heterocycles. The second kappa shape index (κ2) is 8.06. The van der Waals surface area contributed by atoms with Crippen molar-refractivity contribution in [2.24, 2.45) is 7.05 Å². The standard InChI is InChI=1S/C22H23N5O3/c1-14-20-16(22(30)23-11-6-12-27-18(28)9-10-19(27)29)13-17(15-7-4-3-5-8-15)24-21(20)26(2)25-14/h3-5,7-8,13H,6,9-12H2,1-2H3,(H,23,30). The predicted molar refractivity (Wildman–Crippen MR) is 112 cm³/mol. The van der Waals surface area contributed by atoms with E-state index in [1.165, 1.54) is 4.90 Å². The largest absolute Gasteiger partial charge is 0.352 e. The minimum absolute atomic E-state index is 0.138. The molecule has 0 spiro atoms. The Hall–Kier alpha value is -3.55. The molecule has 1 aliphatic rings. The molecule has 2 aromatic heterocycles. The van der Waals surface area contributed by atoms with Crippen LogP contribution in [-0.4, -0.2) is 50.5 Å². The molecular formula is C22H23N5O3. The molecule has 1 saturated heterocycles. The highest BCUT2D eigenvalue weighted by Crippen LogP contribution is 2.26. The zero-order valence-corrected chi connectivity index (χ0v) is 17.0. The average Bonchev–Trinajstić information content (AvgIpc) is 3.23. The van der Waals surface area contributed by atoms with E-state index in [9.17, 15) is 14.4 Å². The van der Waals surface area contributed by atoms with Crippen LogP contribution in [0.2, 0.25) is 0 Å². The first-order chi connectivity index (χ1) is 14.5. The monoisotopic (exact) mass is 405 g/mol. The molecule has 3 amide bonds. The number of aromatic nitrogens is 3. The summed E-state index contributed by atoms with van der Waals surface area (Å²) in [6, 6.07) is 11.5. The molecule has 1 N–H and O–H groups in total. The Bertz CT molecular complexity index is 1120. The third-order valence-electron chi connectivity index (χ3n) is 5.28. The maximum absolute atomic E-state index is 13.0. The van der Waals surface area contributed by atoms with Gasteiger partial charge in [0.2, 0.25) is 11.8 Å². The summed E-state index contributed by atoms with van der Waals surface area (Å²) in [5.41, 5.74) is 3.51. The highest BCUT2D eigenvalue weighted by atomic mass is 16.2. The first kappa shape index (κ1) is 19.8. The number of nitrogens with one attached hydrogen (secondary N) is 1. The van der Waals surface area contributed by atoms with Crippen molar-refractivity contribution in [1.82, 2.24) is 25.0 Å². The Morgan fingerprint density at radius 2 is 1.83 bits per heavy atom. The fourth-order valence-corrected chi connectivity index (χ4v) is 3.79. The third kappa shape index (κ3) is 3.68. The van der Waals surface area contributed by atoms with E-state index >= 15 is 0 Å². The molecule has 1 aliphatic heterocycles. The van der Waals surface area contributed by atoms with Crippen molar-refractivity contribution in [3.05, 3.63) is 47.7 Å². The van der Waals surface area contributed by atoms with Gasteiger partial charge in [-0.3, -0.25) is 24.0 Å². The number of carbonyl (C=O) groups excluding carboxylic acids is 3. The highest BCUT2D eigenvalue weighted by molar-refractivity contribution is 6.07. The molecule has 0 saturated carbocycles. The van der Waals surface area contributed by atoms with Crippen molar-refractivity contribution >= 4 is 28.8 Å². The molecule has 4 rings (SSSR count). The van der Waals surface area contributed by atoms with Crippen LogP contribution >= 0.6 is 0 Å². The maximum atomic E-state index is 13.0. The number of fused-ring (bicyclic) bond motifs is 1. The lowest BCUT2D eigenvalue weighted by molar-refractivity contribution is -0.138. The molecule has 1 fully saturated rings. The van der Waals surface area contributed by atoms with Gasteiger partial charge in [0.25, 0.3) is 5.91 Å². The van der Waals surface area contributed by atoms with Crippen molar-refractivity contribution in [3.8, 4) is 11.3 Å². The van der Waals surface area contributed by atoms with E-state index < -0.39 is 0 Å². The van der Waals surface area contributed by atoms with Crippen LogP contribution in [0.25, 0.3) is 22.3 Å². The molecule has 0 unspecified atom stereocenters. The number of benzene rings is 1. The zero-order chi connectivity index (χ0) is 21.3. The number of likely N-dealkylation sites (tertiary alicyclic amines) is 1. The Labute approximate surface area is 173 Å². The Balaban J connectivity index is 1.55. The van der Waals surface area contributed by atoms with Crippen LogP contribution in [0.5, 0.6) is 0 Å². The minimum atomic E-state index is -0.227. The van der Waals surface area contributed by atoms with Crippen LogP contribution < -0.4 is 5.32 Å². The smallest absolute Gasteiger partial charge is 0.252 e. The first-order valence-corrected chi connectivity index (χ1v) is 9.97. The number of rotatable bonds is 6. The van der Waals surface area contributed by atoms with E-state index in [1.807, 2.05) is 44.3 Å². The molecule has 0 aliphatic carbocycles. The van der Waals surface area contributed by atoms with Gasteiger partial charge in [0.05, 0.1) is 22.3 Å². The molecule has 0 bridgehead atoms. The van der Waals surface area contributed by atoms with Gasteiger partial charge in [-0.25, -0.2) is 4.98 Å². The number of pyridine rings is 1. The Kier molecular flexibility index (Phi) is 5.31. The molecule has 0 atom stereocenters. The van der Waals surface area contributed by atoms with Crippen molar-refractivity contribution in [2.45, 2.75) is 26.2 Å². The van der Waals surface area contributed by atoms with Crippen molar-refractivity contribution in [3.63, 3.8) is 0 Å². The van der Waals surface area contributed by atoms with Crippen molar-refractivity contribution in [1.29, 1.82) is 0 Å². The average molecular weight is 405 g/mol. The number of carbonyl (C=O) groups is 3. The van der Waals surface area contributed by atoms with Gasteiger partial charge in [-0.15, -0.1) is 0 Å². The van der Waals surface area contributed by atoms with Gasteiger partial charge in [-0.1, -0.05) is 30.3 Å². The minimum Gasteiger partial charge on any atom is -0.352 e. The van der Waals surface area contributed by atoms with Gasteiger partial charge < -0.3 is 5.32 Å². The van der Waals surface area contributed by atoms with Crippen LogP contribution in [0, 0.1) is 6.92 Å². The molecule has 1 aromatic carbocycles. The van der Waals surface area contributed by atoms with Crippen molar-refractivity contribution in [2.75, 3.05) is 13.1 Å². The fraction of sp³-hybridized carbons (Fsp3) is 0.318. The summed E-state index contributed by atoms with van der Waals surface area (Å²) in [7, 11) is 1.81. The molecule has 8 nitrogen and oxygen atoms in total. The molecular weight excluding hydrogens is 382 g/mol. The molecule has 30 heavy (non-hydrogen) atoms. The molecule has 154 valence electrons. The third-order valence-corrected chi connectivity index (χ3v) is 5.28. The fourth-order valence-electron chi connectivity index (χ4n) is 3.79. The normalized spacial score (nSPS) is 14.0. The van der Waals surface area contributed by atoms with E-state index in [0.717, 1.165) is 16.6 Å². The van der Waals surface area contributed by atoms with Gasteiger partial charge in [-0.2, -0.15) is 5.10 Å². The highest BCUT2D eigenvalue weighted by Gasteiger charge is 2.28. The van der Waals surface area contributed by atoms with E-state index in [1.54, 1.807) is 10.7 Å². The number of imide groups is 1. The summed E-state index contributed by atoms with van der Waals surface area (Å²) in [6.07, 6.45) is 1.07. The number of hydrogen-bond acceptors (Lipinski definition) is 5. The van der Waals surface area contributed by atoms with Gasteiger partial charge >= 0.3 is 0 Å². The summed E-state index contributed by atoms with van der Waals surface area (Å²) in [4.78, 5) is 42.4. The summed E-state index contributed by atoms with van der Waals surface area (Å²) in [5, 5.41) is 8.05. The zero-order valence-electron chi connectivity index (χ0n) is 17.0. The van der Waals surface area contributed by atoms with Gasteiger partial charge in [-0.05, 0) is 19.4 Å². The molecule has 3 aromatic rings. The quantitative estimate of drug-likeness (QED) is 0.501. The van der Waals surface area contributed by atoms with Crippen LogP contribution in [0.15, 0.2) is 36.4 Å². The summed E-state index contributed by atoms with van der Waals surface area (Å²) < 4.78 is 1.68. The number of amides is 3. The van der Waals surface area contributed by atoms with E-state index in [0.29, 0.717) is 36.4 Å².